The first-order chi connectivity index (χ1) is 16.7. The normalized spacial score (nSPS) is 13.4. The Hall–Kier alpha value is -4.45. The second kappa shape index (κ2) is 9.58. The molecule has 170 valence electrons. The maximum absolute atomic E-state index is 12.8. The Labute approximate surface area is 195 Å². The lowest BCUT2D eigenvalue weighted by atomic mass is 10.0. The molecule has 1 saturated carbocycles. The van der Waals surface area contributed by atoms with E-state index in [1.807, 2.05) is 0 Å². The summed E-state index contributed by atoms with van der Waals surface area (Å²) in [5.41, 5.74) is 2.20. The molecule has 0 unspecified atom stereocenters. The number of rotatable bonds is 5. The maximum Gasteiger partial charge on any atom is 0.276 e. The third kappa shape index (κ3) is 4.81. The van der Waals surface area contributed by atoms with E-state index >= 15 is 0 Å². The van der Waals surface area contributed by atoms with E-state index in [9.17, 15) is 9.59 Å². The molecule has 0 atom stereocenters. The van der Waals surface area contributed by atoms with Gasteiger partial charge in [0.15, 0.2) is 0 Å². The van der Waals surface area contributed by atoms with Crippen molar-refractivity contribution in [3.05, 3.63) is 65.7 Å². The highest BCUT2D eigenvalue weighted by molar-refractivity contribution is 6.11. The topological polar surface area (TPSA) is 128 Å². The molecule has 5 rings (SSSR count). The zero-order valence-corrected chi connectivity index (χ0v) is 18.4. The molecule has 1 aliphatic carbocycles. The summed E-state index contributed by atoms with van der Waals surface area (Å²) in [5, 5.41) is 5.40. The number of aromatic nitrogens is 5. The first-order valence-corrected chi connectivity index (χ1v) is 11.2. The highest BCUT2D eigenvalue weighted by Gasteiger charge is 2.17. The molecule has 3 heterocycles. The average Bonchev–Trinajstić information content (AvgIpc) is 3.61. The second-order valence-electron chi connectivity index (χ2n) is 8.20. The molecule has 34 heavy (non-hydrogen) atoms. The van der Waals surface area contributed by atoms with Crippen LogP contribution in [0.15, 0.2) is 48.8 Å². The zero-order chi connectivity index (χ0) is 23.3. The zero-order valence-electron chi connectivity index (χ0n) is 18.4. The van der Waals surface area contributed by atoms with Crippen LogP contribution in [0.3, 0.4) is 0 Å². The molecular formula is C25H23N7O2. The van der Waals surface area contributed by atoms with E-state index < -0.39 is 5.91 Å². The number of anilines is 2. The summed E-state index contributed by atoms with van der Waals surface area (Å²) in [5.74, 6) is 6.73. The molecule has 1 aliphatic rings. The van der Waals surface area contributed by atoms with E-state index in [4.69, 9.17) is 0 Å². The van der Waals surface area contributed by atoms with Crippen LogP contribution in [0, 0.1) is 17.8 Å². The van der Waals surface area contributed by atoms with Crippen LogP contribution in [0.5, 0.6) is 0 Å². The summed E-state index contributed by atoms with van der Waals surface area (Å²) >= 11 is 0. The fourth-order valence-corrected chi connectivity index (χ4v) is 4.09. The summed E-state index contributed by atoms with van der Waals surface area (Å²) in [6.45, 7) is 0. The average molecular weight is 454 g/mol. The van der Waals surface area contributed by atoms with E-state index in [0.717, 1.165) is 6.42 Å². The van der Waals surface area contributed by atoms with Gasteiger partial charge in [0.25, 0.3) is 11.8 Å². The van der Waals surface area contributed by atoms with E-state index in [-0.39, 0.29) is 17.5 Å². The van der Waals surface area contributed by atoms with Crippen LogP contribution in [0.4, 0.5) is 11.9 Å². The van der Waals surface area contributed by atoms with Gasteiger partial charge in [-0.15, -0.1) is 0 Å². The SMILES string of the molecule is O=C(Nc1nc2c(C(=O)Nc3ncc[nH]3)cccc2[nH]1)c1cccc(C#CCC2CCCC2)n1. The van der Waals surface area contributed by atoms with Crippen molar-refractivity contribution in [2.75, 3.05) is 10.6 Å². The highest BCUT2D eigenvalue weighted by Crippen LogP contribution is 2.27. The predicted octanol–water partition coefficient (Wildman–Crippen LogP) is 4.12. The monoisotopic (exact) mass is 453 g/mol. The number of hydrogen-bond acceptors (Lipinski definition) is 5. The van der Waals surface area contributed by atoms with Gasteiger partial charge < -0.3 is 9.97 Å². The number of imidazole rings is 2. The van der Waals surface area contributed by atoms with Crippen molar-refractivity contribution in [3.8, 4) is 11.8 Å². The lowest BCUT2D eigenvalue weighted by molar-refractivity contribution is 0.101. The number of hydrogen-bond donors (Lipinski definition) is 4. The van der Waals surface area contributed by atoms with Crippen molar-refractivity contribution < 1.29 is 9.59 Å². The molecule has 0 aliphatic heterocycles. The number of amides is 2. The second-order valence-corrected chi connectivity index (χ2v) is 8.20. The fourth-order valence-electron chi connectivity index (χ4n) is 4.09. The number of fused-ring (bicyclic) bond motifs is 1. The van der Waals surface area contributed by atoms with Crippen LogP contribution in [-0.2, 0) is 0 Å². The number of carbonyl (C=O) groups excluding carboxylic acids is 2. The Bertz CT molecular complexity index is 1390. The quantitative estimate of drug-likeness (QED) is 0.338. The Morgan fingerprint density at radius 3 is 2.65 bits per heavy atom. The van der Waals surface area contributed by atoms with E-state index in [2.05, 4.69) is 47.4 Å². The molecule has 9 nitrogen and oxygen atoms in total. The van der Waals surface area contributed by atoms with Gasteiger partial charge in [-0.25, -0.2) is 15.0 Å². The summed E-state index contributed by atoms with van der Waals surface area (Å²) in [7, 11) is 0. The van der Waals surface area contributed by atoms with Crippen LogP contribution < -0.4 is 10.6 Å². The molecule has 2 amide bonds. The van der Waals surface area contributed by atoms with Gasteiger partial charge in [0, 0.05) is 18.8 Å². The lowest BCUT2D eigenvalue weighted by Gasteiger charge is -2.02. The molecule has 0 spiro atoms. The molecule has 3 aromatic heterocycles. The Balaban J connectivity index is 1.30. The largest absolute Gasteiger partial charge is 0.331 e. The smallest absolute Gasteiger partial charge is 0.276 e. The van der Waals surface area contributed by atoms with Gasteiger partial charge in [-0.3, -0.25) is 20.2 Å². The number of aromatic amines is 2. The first-order valence-electron chi connectivity index (χ1n) is 11.2. The van der Waals surface area contributed by atoms with Crippen molar-refractivity contribution in [1.29, 1.82) is 0 Å². The van der Waals surface area contributed by atoms with Gasteiger partial charge in [0.2, 0.25) is 11.9 Å². The number of benzene rings is 1. The minimum Gasteiger partial charge on any atom is -0.331 e. The third-order valence-corrected chi connectivity index (χ3v) is 5.78. The molecule has 0 saturated heterocycles. The molecule has 4 N–H and O–H groups in total. The number of nitrogens with zero attached hydrogens (tertiary/aromatic N) is 3. The number of nitrogens with one attached hydrogen (secondary N) is 4. The third-order valence-electron chi connectivity index (χ3n) is 5.78. The van der Waals surface area contributed by atoms with Gasteiger partial charge in [0.1, 0.15) is 16.9 Å². The maximum atomic E-state index is 12.8. The minimum absolute atomic E-state index is 0.220. The summed E-state index contributed by atoms with van der Waals surface area (Å²) in [4.78, 5) is 44.1. The van der Waals surface area contributed by atoms with Gasteiger partial charge >= 0.3 is 0 Å². The summed E-state index contributed by atoms with van der Waals surface area (Å²) in [6, 6.07) is 10.4. The van der Waals surface area contributed by atoms with Crippen molar-refractivity contribution in [2.24, 2.45) is 5.92 Å². The lowest BCUT2D eigenvalue weighted by Crippen LogP contribution is -2.15. The van der Waals surface area contributed by atoms with Crippen molar-refractivity contribution in [2.45, 2.75) is 32.1 Å². The highest BCUT2D eigenvalue weighted by atomic mass is 16.2. The summed E-state index contributed by atoms with van der Waals surface area (Å²) in [6.07, 6.45) is 9.09. The number of para-hydroxylation sites is 1. The molecular weight excluding hydrogens is 430 g/mol. The van der Waals surface area contributed by atoms with E-state index in [1.54, 1.807) is 48.8 Å². The predicted molar refractivity (Wildman–Crippen MR) is 128 cm³/mol. The van der Waals surface area contributed by atoms with Crippen LogP contribution in [-0.4, -0.2) is 36.7 Å². The first kappa shape index (κ1) is 21.4. The van der Waals surface area contributed by atoms with Gasteiger partial charge in [0.05, 0.1) is 11.1 Å². The van der Waals surface area contributed by atoms with Crippen LogP contribution >= 0.6 is 0 Å². The minimum atomic E-state index is -0.417. The Morgan fingerprint density at radius 2 is 1.82 bits per heavy atom. The van der Waals surface area contributed by atoms with Gasteiger partial charge in [-0.05, 0) is 48.9 Å². The molecule has 0 bridgehead atoms. The number of pyridine rings is 1. The van der Waals surface area contributed by atoms with Crippen molar-refractivity contribution in [3.63, 3.8) is 0 Å². The molecule has 4 aromatic rings. The van der Waals surface area contributed by atoms with Crippen molar-refractivity contribution in [1.82, 2.24) is 24.9 Å². The van der Waals surface area contributed by atoms with E-state index in [0.29, 0.717) is 34.2 Å². The Morgan fingerprint density at radius 1 is 1.00 bits per heavy atom. The van der Waals surface area contributed by atoms with Crippen molar-refractivity contribution >= 4 is 34.7 Å². The van der Waals surface area contributed by atoms with E-state index in [1.165, 1.54) is 25.7 Å². The van der Waals surface area contributed by atoms with Crippen LogP contribution in [0.2, 0.25) is 0 Å². The van der Waals surface area contributed by atoms with Crippen LogP contribution in [0.1, 0.15) is 58.6 Å². The fraction of sp³-hybridized carbons (Fsp3) is 0.240. The summed E-state index contributed by atoms with van der Waals surface area (Å²) < 4.78 is 0. The number of carbonyl (C=O) groups is 2. The van der Waals surface area contributed by atoms with Gasteiger partial charge in [-0.2, -0.15) is 0 Å². The molecule has 0 radical (unpaired) electrons. The number of H-pyrrole nitrogens is 2. The molecule has 9 heteroatoms. The van der Waals surface area contributed by atoms with Gasteiger partial charge in [-0.1, -0.05) is 30.9 Å². The molecule has 1 aromatic carbocycles. The van der Waals surface area contributed by atoms with Crippen LogP contribution in [0.25, 0.3) is 11.0 Å². The molecule has 1 fully saturated rings. The Kier molecular flexibility index (Phi) is 6.03. The standard InChI is InChI=1S/C25H23N7O2/c33-22(31-24-26-14-15-27-24)18-11-5-12-19-21(18)30-25(29-19)32-23(34)20-13-4-10-17(28-20)9-3-8-16-6-1-2-7-16/h4-5,10-16H,1-2,6-8H2,(H2,26,27,31,33)(H2,29,30,32,34).